The molecule has 15 heavy (non-hydrogen) atoms. The molecular formula is C11H10BrClN2. The van der Waals surface area contributed by atoms with Gasteiger partial charge in [-0.15, -0.1) is 11.6 Å². The molecule has 78 valence electrons. The van der Waals surface area contributed by atoms with E-state index in [2.05, 4.69) is 31.5 Å². The molecule has 1 fully saturated rings. The van der Waals surface area contributed by atoms with Crippen molar-refractivity contribution in [1.82, 2.24) is 9.55 Å². The third kappa shape index (κ3) is 1.58. The van der Waals surface area contributed by atoms with Crippen molar-refractivity contribution in [2.24, 2.45) is 0 Å². The first kappa shape index (κ1) is 9.67. The number of benzene rings is 1. The molecule has 0 N–H and O–H groups in total. The molecule has 1 aromatic carbocycles. The predicted octanol–water partition coefficient (Wildman–Crippen LogP) is 3.87. The molecule has 0 atom stereocenters. The van der Waals surface area contributed by atoms with E-state index in [1.807, 2.05) is 12.1 Å². The van der Waals surface area contributed by atoms with Crippen LogP contribution in [0.15, 0.2) is 22.7 Å². The zero-order chi connectivity index (χ0) is 10.4. The first-order valence-corrected chi connectivity index (χ1v) is 6.34. The van der Waals surface area contributed by atoms with Crippen molar-refractivity contribution < 1.29 is 0 Å². The van der Waals surface area contributed by atoms with E-state index in [0.29, 0.717) is 11.9 Å². The molecule has 3 rings (SSSR count). The first-order valence-electron chi connectivity index (χ1n) is 5.02. The van der Waals surface area contributed by atoms with Crippen LogP contribution in [0.3, 0.4) is 0 Å². The number of rotatable bonds is 2. The van der Waals surface area contributed by atoms with Crippen molar-refractivity contribution >= 4 is 38.6 Å². The summed E-state index contributed by atoms with van der Waals surface area (Å²) in [7, 11) is 0. The van der Waals surface area contributed by atoms with Crippen LogP contribution in [0, 0.1) is 0 Å². The lowest BCUT2D eigenvalue weighted by molar-refractivity contribution is 0.728. The minimum atomic E-state index is 0.489. The number of aromatic nitrogens is 2. The average Bonchev–Trinajstić information content (AvgIpc) is 2.99. The van der Waals surface area contributed by atoms with Crippen LogP contribution in [0.4, 0.5) is 0 Å². The summed E-state index contributed by atoms with van der Waals surface area (Å²) in [6.45, 7) is 0. The highest BCUT2D eigenvalue weighted by atomic mass is 79.9. The van der Waals surface area contributed by atoms with E-state index in [-0.39, 0.29) is 0 Å². The molecule has 1 aromatic heterocycles. The second-order valence-electron chi connectivity index (χ2n) is 3.90. The van der Waals surface area contributed by atoms with Crippen LogP contribution < -0.4 is 0 Å². The van der Waals surface area contributed by atoms with Crippen molar-refractivity contribution in [2.45, 2.75) is 24.8 Å². The number of nitrogens with zero attached hydrogens (tertiary/aromatic N) is 2. The highest BCUT2D eigenvalue weighted by Gasteiger charge is 2.27. The lowest BCUT2D eigenvalue weighted by Gasteiger charge is -2.04. The molecule has 0 amide bonds. The fourth-order valence-electron chi connectivity index (χ4n) is 1.95. The van der Waals surface area contributed by atoms with Crippen molar-refractivity contribution in [3.8, 4) is 0 Å². The third-order valence-corrected chi connectivity index (χ3v) is 3.49. The van der Waals surface area contributed by atoms with Gasteiger partial charge in [0.15, 0.2) is 0 Å². The maximum Gasteiger partial charge on any atom is 0.125 e. The zero-order valence-electron chi connectivity index (χ0n) is 8.08. The van der Waals surface area contributed by atoms with E-state index in [1.165, 1.54) is 18.4 Å². The molecule has 1 heterocycles. The number of alkyl halides is 1. The fourth-order valence-corrected chi connectivity index (χ4v) is 2.49. The van der Waals surface area contributed by atoms with E-state index >= 15 is 0 Å². The molecule has 0 radical (unpaired) electrons. The minimum absolute atomic E-state index is 0.489. The fraction of sp³-hybridized carbons (Fsp3) is 0.364. The van der Waals surface area contributed by atoms with Crippen LogP contribution in [0.2, 0.25) is 0 Å². The lowest BCUT2D eigenvalue weighted by Crippen LogP contribution is -1.98. The summed E-state index contributed by atoms with van der Waals surface area (Å²) in [4.78, 5) is 4.54. The molecule has 1 aliphatic carbocycles. The Labute approximate surface area is 101 Å². The number of hydrogen-bond acceptors (Lipinski definition) is 1. The Morgan fingerprint density at radius 1 is 1.47 bits per heavy atom. The van der Waals surface area contributed by atoms with Crippen molar-refractivity contribution in [1.29, 1.82) is 0 Å². The quantitative estimate of drug-likeness (QED) is 0.766. The predicted molar refractivity (Wildman–Crippen MR) is 65.3 cm³/mol. The maximum atomic E-state index is 5.92. The smallest absolute Gasteiger partial charge is 0.125 e. The minimum Gasteiger partial charge on any atom is -0.324 e. The first-order chi connectivity index (χ1) is 7.29. The Kier molecular flexibility index (Phi) is 2.25. The van der Waals surface area contributed by atoms with Gasteiger partial charge >= 0.3 is 0 Å². The van der Waals surface area contributed by atoms with Gasteiger partial charge in [0.05, 0.1) is 16.9 Å². The second kappa shape index (κ2) is 3.49. The van der Waals surface area contributed by atoms with Gasteiger partial charge in [0.2, 0.25) is 0 Å². The van der Waals surface area contributed by atoms with E-state index in [1.54, 1.807) is 0 Å². The summed E-state index contributed by atoms with van der Waals surface area (Å²) < 4.78 is 3.38. The average molecular weight is 286 g/mol. The molecule has 0 spiro atoms. The van der Waals surface area contributed by atoms with Gasteiger partial charge < -0.3 is 4.57 Å². The Morgan fingerprint density at radius 2 is 2.27 bits per heavy atom. The highest BCUT2D eigenvalue weighted by Crippen LogP contribution is 2.39. The van der Waals surface area contributed by atoms with E-state index in [4.69, 9.17) is 11.6 Å². The largest absolute Gasteiger partial charge is 0.324 e. The molecular weight excluding hydrogens is 275 g/mol. The lowest BCUT2D eigenvalue weighted by atomic mass is 10.3. The van der Waals surface area contributed by atoms with Gasteiger partial charge in [-0.1, -0.05) is 15.9 Å². The molecule has 0 unspecified atom stereocenters. The molecule has 1 saturated carbocycles. The van der Waals surface area contributed by atoms with Gasteiger partial charge in [0, 0.05) is 10.5 Å². The van der Waals surface area contributed by atoms with Crippen molar-refractivity contribution in [3.05, 3.63) is 28.5 Å². The number of imidazole rings is 1. The Balaban J connectivity index is 2.30. The van der Waals surface area contributed by atoms with Crippen LogP contribution in [-0.4, -0.2) is 9.55 Å². The van der Waals surface area contributed by atoms with Gasteiger partial charge in [-0.25, -0.2) is 4.98 Å². The molecule has 0 bridgehead atoms. The Hall–Kier alpha value is -0.540. The Morgan fingerprint density at radius 3 is 2.93 bits per heavy atom. The third-order valence-electron chi connectivity index (χ3n) is 2.76. The van der Waals surface area contributed by atoms with E-state index in [0.717, 1.165) is 15.8 Å². The van der Waals surface area contributed by atoms with E-state index < -0.39 is 0 Å². The van der Waals surface area contributed by atoms with Crippen molar-refractivity contribution in [3.63, 3.8) is 0 Å². The summed E-state index contributed by atoms with van der Waals surface area (Å²) in [5.41, 5.74) is 2.24. The summed E-state index contributed by atoms with van der Waals surface area (Å²) in [5.74, 6) is 1.48. The summed E-state index contributed by atoms with van der Waals surface area (Å²) >= 11 is 9.41. The van der Waals surface area contributed by atoms with E-state index in [9.17, 15) is 0 Å². The summed E-state index contributed by atoms with van der Waals surface area (Å²) in [5, 5.41) is 0. The molecule has 0 aliphatic heterocycles. The number of hydrogen-bond donors (Lipinski definition) is 0. The highest BCUT2D eigenvalue weighted by molar-refractivity contribution is 9.10. The molecule has 0 saturated heterocycles. The van der Waals surface area contributed by atoms with Crippen LogP contribution in [0.25, 0.3) is 11.0 Å². The molecule has 2 nitrogen and oxygen atoms in total. The van der Waals surface area contributed by atoms with Crippen LogP contribution >= 0.6 is 27.5 Å². The number of fused-ring (bicyclic) bond motifs is 1. The zero-order valence-corrected chi connectivity index (χ0v) is 10.4. The monoisotopic (exact) mass is 284 g/mol. The normalized spacial score (nSPS) is 16.1. The maximum absolute atomic E-state index is 5.92. The van der Waals surface area contributed by atoms with Gasteiger partial charge in [-0.3, -0.25) is 0 Å². The molecule has 4 heteroatoms. The van der Waals surface area contributed by atoms with Crippen LogP contribution in [-0.2, 0) is 5.88 Å². The number of halogens is 2. The van der Waals surface area contributed by atoms with Gasteiger partial charge in [0.1, 0.15) is 5.82 Å². The van der Waals surface area contributed by atoms with Crippen LogP contribution in [0.5, 0.6) is 0 Å². The molecule has 1 aliphatic rings. The van der Waals surface area contributed by atoms with Gasteiger partial charge in [-0.2, -0.15) is 0 Å². The van der Waals surface area contributed by atoms with Gasteiger partial charge in [0.25, 0.3) is 0 Å². The standard InChI is InChI=1S/C11H10BrClN2/c12-7-1-4-9-10(5-7)15(8-2-3-8)11(6-13)14-9/h1,4-5,8H,2-3,6H2. The Bertz CT molecular complexity index is 517. The molecule has 2 aromatic rings. The van der Waals surface area contributed by atoms with Crippen molar-refractivity contribution in [2.75, 3.05) is 0 Å². The topological polar surface area (TPSA) is 17.8 Å². The van der Waals surface area contributed by atoms with Gasteiger partial charge in [-0.05, 0) is 31.0 Å². The summed E-state index contributed by atoms with van der Waals surface area (Å²) in [6.07, 6.45) is 2.50. The van der Waals surface area contributed by atoms with Crippen LogP contribution in [0.1, 0.15) is 24.7 Å². The summed E-state index contributed by atoms with van der Waals surface area (Å²) in [6, 6.07) is 6.80. The second-order valence-corrected chi connectivity index (χ2v) is 5.08. The SMILES string of the molecule is ClCc1nc2ccc(Br)cc2n1C1CC1.